The first-order valence-electron chi connectivity index (χ1n) is 6.79. The van der Waals surface area contributed by atoms with Crippen LogP contribution in [0.2, 0.25) is 0 Å². The molecule has 0 radical (unpaired) electrons. The van der Waals surface area contributed by atoms with Gasteiger partial charge in [0.2, 0.25) is 0 Å². The molecular formula is C13H24N4. The average molecular weight is 236 g/mol. The lowest BCUT2D eigenvalue weighted by atomic mass is 10.1. The molecule has 1 aromatic heterocycles. The van der Waals surface area contributed by atoms with Crippen LogP contribution in [0, 0.1) is 0 Å². The molecule has 4 nitrogen and oxygen atoms in total. The number of nitrogens with zero attached hydrogens (tertiary/aromatic N) is 3. The van der Waals surface area contributed by atoms with E-state index in [1.807, 2.05) is 12.5 Å². The lowest BCUT2D eigenvalue weighted by Crippen LogP contribution is -2.57. The van der Waals surface area contributed by atoms with Crippen molar-refractivity contribution in [3.05, 3.63) is 18.2 Å². The van der Waals surface area contributed by atoms with Gasteiger partial charge in [0.25, 0.3) is 0 Å². The zero-order chi connectivity index (χ0) is 12.1. The van der Waals surface area contributed by atoms with Crippen molar-refractivity contribution in [2.45, 2.75) is 45.8 Å². The molecule has 17 heavy (non-hydrogen) atoms. The number of aryl methyl sites for hydroxylation is 1. The van der Waals surface area contributed by atoms with E-state index in [9.17, 15) is 0 Å². The minimum atomic E-state index is 0.722. The molecule has 0 atom stereocenters. The lowest BCUT2D eigenvalue weighted by Gasteiger charge is -2.38. The van der Waals surface area contributed by atoms with Crippen LogP contribution in [0.5, 0.6) is 0 Å². The van der Waals surface area contributed by atoms with Crippen molar-refractivity contribution in [1.29, 1.82) is 0 Å². The minimum absolute atomic E-state index is 0.722. The monoisotopic (exact) mass is 236 g/mol. The SMILES string of the molecule is CCCN(Cc1cncn1CCC)C1CNC1. The fourth-order valence-corrected chi connectivity index (χ4v) is 2.34. The normalized spacial score (nSPS) is 16.4. The second-order valence-electron chi connectivity index (χ2n) is 4.86. The van der Waals surface area contributed by atoms with Gasteiger partial charge in [-0.3, -0.25) is 4.90 Å². The molecule has 1 fully saturated rings. The fourth-order valence-electron chi connectivity index (χ4n) is 2.34. The molecule has 0 amide bonds. The Kier molecular flexibility index (Phi) is 4.57. The molecular weight excluding hydrogens is 212 g/mol. The second kappa shape index (κ2) is 6.17. The molecule has 0 aliphatic carbocycles. The van der Waals surface area contributed by atoms with Crippen LogP contribution in [-0.4, -0.2) is 40.1 Å². The van der Waals surface area contributed by atoms with E-state index in [4.69, 9.17) is 0 Å². The summed E-state index contributed by atoms with van der Waals surface area (Å²) in [5.41, 5.74) is 1.35. The lowest BCUT2D eigenvalue weighted by molar-refractivity contribution is 0.134. The summed E-state index contributed by atoms with van der Waals surface area (Å²) in [6, 6.07) is 0.722. The van der Waals surface area contributed by atoms with Gasteiger partial charge in [-0.2, -0.15) is 0 Å². The molecule has 96 valence electrons. The summed E-state index contributed by atoms with van der Waals surface area (Å²) in [5.74, 6) is 0. The highest BCUT2D eigenvalue weighted by molar-refractivity contribution is 5.00. The topological polar surface area (TPSA) is 33.1 Å². The van der Waals surface area contributed by atoms with Gasteiger partial charge < -0.3 is 9.88 Å². The first-order valence-corrected chi connectivity index (χ1v) is 6.79. The van der Waals surface area contributed by atoms with E-state index in [1.54, 1.807) is 0 Å². The molecule has 2 heterocycles. The molecule has 1 aliphatic heterocycles. The highest BCUT2D eigenvalue weighted by Gasteiger charge is 2.24. The Bertz CT molecular complexity index is 330. The Morgan fingerprint density at radius 1 is 1.41 bits per heavy atom. The van der Waals surface area contributed by atoms with Gasteiger partial charge in [0.15, 0.2) is 0 Å². The smallest absolute Gasteiger partial charge is 0.0948 e. The Morgan fingerprint density at radius 3 is 2.82 bits per heavy atom. The Morgan fingerprint density at radius 2 is 2.24 bits per heavy atom. The standard InChI is InChI=1S/C13H24N4/c1-3-5-16(12-7-14-8-12)10-13-9-15-11-17(13)6-4-2/h9,11-12,14H,3-8,10H2,1-2H3. The van der Waals surface area contributed by atoms with E-state index in [-0.39, 0.29) is 0 Å². The molecule has 1 N–H and O–H groups in total. The van der Waals surface area contributed by atoms with Crippen LogP contribution < -0.4 is 5.32 Å². The highest BCUT2D eigenvalue weighted by atomic mass is 15.2. The first-order chi connectivity index (χ1) is 8.35. The van der Waals surface area contributed by atoms with Crippen molar-refractivity contribution in [3.63, 3.8) is 0 Å². The summed E-state index contributed by atoms with van der Waals surface area (Å²) in [6.45, 7) is 10.1. The Labute approximate surface area is 104 Å². The van der Waals surface area contributed by atoms with Crippen LogP contribution in [0.4, 0.5) is 0 Å². The van der Waals surface area contributed by atoms with Crippen LogP contribution >= 0.6 is 0 Å². The van der Waals surface area contributed by atoms with Gasteiger partial charge in [-0.05, 0) is 19.4 Å². The molecule has 1 aromatic rings. The molecule has 2 rings (SSSR count). The van der Waals surface area contributed by atoms with Crippen LogP contribution in [-0.2, 0) is 13.1 Å². The van der Waals surface area contributed by atoms with Crippen molar-refractivity contribution in [1.82, 2.24) is 19.8 Å². The number of nitrogens with one attached hydrogen (secondary N) is 1. The largest absolute Gasteiger partial charge is 0.333 e. The van der Waals surface area contributed by atoms with Gasteiger partial charge in [-0.15, -0.1) is 0 Å². The Hall–Kier alpha value is -0.870. The summed E-state index contributed by atoms with van der Waals surface area (Å²) in [5, 5.41) is 3.36. The molecule has 0 unspecified atom stereocenters. The summed E-state index contributed by atoms with van der Waals surface area (Å²) >= 11 is 0. The van der Waals surface area contributed by atoms with E-state index >= 15 is 0 Å². The third-order valence-electron chi connectivity index (χ3n) is 3.42. The maximum Gasteiger partial charge on any atom is 0.0948 e. The predicted molar refractivity (Wildman–Crippen MR) is 69.9 cm³/mol. The summed E-state index contributed by atoms with van der Waals surface area (Å²) in [7, 11) is 0. The number of aromatic nitrogens is 2. The van der Waals surface area contributed by atoms with Crippen molar-refractivity contribution in [2.75, 3.05) is 19.6 Å². The van der Waals surface area contributed by atoms with E-state index in [2.05, 4.69) is 33.6 Å². The van der Waals surface area contributed by atoms with Crippen molar-refractivity contribution in [2.24, 2.45) is 0 Å². The molecule has 0 saturated carbocycles. The van der Waals surface area contributed by atoms with Crippen LogP contribution in [0.15, 0.2) is 12.5 Å². The summed E-state index contributed by atoms with van der Waals surface area (Å²) < 4.78 is 2.29. The number of hydrogen-bond donors (Lipinski definition) is 1. The quantitative estimate of drug-likeness (QED) is 0.778. The van der Waals surface area contributed by atoms with Crippen molar-refractivity contribution < 1.29 is 0 Å². The Balaban J connectivity index is 1.97. The first kappa shape index (κ1) is 12.6. The molecule has 0 bridgehead atoms. The third kappa shape index (κ3) is 3.07. The van der Waals surface area contributed by atoms with E-state index in [0.717, 1.165) is 32.2 Å². The fraction of sp³-hybridized carbons (Fsp3) is 0.769. The van der Waals surface area contributed by atoms with Gasteiger partial charge in [0, 0.05) is 38.4 Å². The third-order valence-corrected chi connectivity index (χ3v) is 3.42. The predicted octanol–water partition coefficient (Wildman–Crippen LogP) is 1.48. The maximum atomic E-state index is 4.28. The summed E-state index contributed by atoms with van der Waals surface area (Å²) in [4.78, 5) is 6.86. The molecule has 0 spiro atoms. The minimum Gasteiger partial charge on any atom is -0.333 e. The summed E-state index contributed by atoms with van der Waals surface area (Å²) in [6.07, 6.45) is 6.37. The zero-order valence-corrected chi connectivity index (χ0v) is 11.0. The molecule has 1 aliphatic rings. The average Bonchev–Trinajstić information content (AvgIpc) is 2.64. The molecule has 0 aromatic carbocycles. The number of rotatable bonds is 7. The van der Waals surface area contributed by atoms with Crippen LogP contribution in [0.25, 0.3) is 0 Å². The second-order valence-corrected chi connectivity index (χ2v) is 4.86. The van der Waals surface area contributed by atoms with Crippen molar-refractivity contribution >= 4 is 0 Å². The van der Waals surface area contributed by atoms with Gasteiger partial charge in [-0.25, -0.2) is 4.98 Å². The van der Waals surface area contributed by atoms with Gasteiger partial charge >= 0.3 is 0 Å². The van der Waals surface area contributed by atoms with E-state index in [0.29, 0.717) is 0 Å². The van der Waals surface area contributed by atoms with Gasteiger partial charge in [-0.1, -0.05) is 13.8 Å². The number of hydrogen-bond acceptors (Lipinski definition) is 3. The van der Waals surface area contributed by atoms with Crippen LogP contribution in [0.1, 0.15) is 32.4 Å². The highest BCUT2D eigenvalue weighted by Crippen LogP contribution is 2.12. The zero-order valence-electron chi connectivity index (χ0n) is 11.0. The maximum absolute atomic E-state index is 4.28. The van der Waals surface area contributed by atoms with E-state index in [1.165, 1.54) is 25.1 Å². The van der Waals surface area contributed by atoms with Gasteiger partial charge in [0.05, 0.1) is 12.0 Å². The van der Waals surface area contributed by atoms with Crippen LogP contribution in [0.3, 0.4) is 0 Å². The van der Waals surface area contributed by atoms with Gasteiger partial charge in [0.1, 0.15) is 0 Å². The number of imidazole rings is 1. The molecule has 1 saturated heterocycles. The molecule has 4 heteroatoms. The van der Waals surface area contributed by atoms with E-state index < -0.39 is 0 Å². The van der Waals surface area contributed by atoms with Crippen molar-refractivity contribution in [3.8, 4) is 0 Å².